The lowest BCUT2D eigenvalue weighted by atomic mass is 9.82. The van der Waals surface area contributed by atoms with Crippen molar-refractivity contribution in [2.45, 2.75) is 82.1 Å². The van der Waals surface area contributed by atoms with Crippen molar-refractivity contribution in [1.29, 1.82) is 0 Å². The van der Waals surface area contributed by atoms with Crippen LogP contribution in [0.2, 0.25) is 0 Å². The highest BCUT2D eigenvalue weighted by molar-refractivity contribution is 6.30. The number of hydrogen-bond acceptors (Lipinski definition) is 6. The summed E-state index contributed by atoms with van der Waals surface area (Å²) in [5.41, 5.74) is 35.1. The Bertz CT molecular complexity index is 6400. The molecule has 2 aliphatic rings. The summed E-state index contributed by atoms with van der Waals surface area (Å²) in [6.07, 6.45) is 1.69. The van der Waals surface area contributed by atoms with Gasteiger partial charge in [-0.3, -0.25) is 0 Å². The fourth-order valence-corrected chi connectivity index (χ4v) is 18.3. The fraction of sp³-hybridized carbons (Fsp3) is 0.122. The smallest absolute Gasteiger partial charge is 0.164 e. The Balaban J connectivity index is 0.697. The van der Waals surface area contributed by atoms with E-state index in [-0.39, 0.29) is 0 Å². The maximum absolute atomic E-state index is 5.60. The second-order valence-electron chi connectivity index (χ2n) is 29.3. The maximum Gasteiger partial charge on any atom is 0.164 e. The highest BCUT2D eigenvalue weighted by atomic mass is 15.0. The zero-order chi connectivity index (χ0) is 70.5. The molecule has 0 amide bonds. The van der Waals surface area contributed by atoms with Gasteiger partial charge in [-0.25, -0.2) is 29.9 Å². The molecule has 0 saturated heterocycles. The van der Waals surface area contributed by atoms with Crippen molar-refractivity contribution in [3.8, 4) is 135 Å². The van der Waals surface area contributed by atoms with E-state index in [1.165, 1.54) is 132 Å². The summed E-state index contributed by atoms with van der Waals surface area (Å²) in [5.74, 6) is 4.01. The van der Waals surface area contributed by atoms with Gasteiger partial charge in [-0.15, -0.1) is 0 Å². The van der Waals surface area contributed by atoms with Crippen LogP contribution in [0.25, 0.3) is 189 Å². The molecule has 0 spiro atoms. The second-order valence-corrected chi connectivity index (χ2v) is 29.3. The van der Waals surface area contributed by atoms with Crippen molar-refractivity contribution in [1.82, 2.24) is 29.9 Å². The minimum absolute atomic E-state index is 0.651. The Kier molecular flexibility index (Phi) is 14.5. The third-order valence-corrected chi connectivity index (χ3v) is 22.3. The van der Waals surface area contributed by atoms with Gasteiger partial charge >= 0.3 is 0 Å². The highest BCUT2D eigenvalue weighted by Crippen LogP contribution is 2.59. The van der Waals surface area contributed by atoms with Gasteiger partial charge in [0.1, 0.15) is 0 Å². The molecule has 2 aromatic heterocycles. The summed E-state index contributed by atoms with van der Waals surface area (Å²) < 4.78 is 0. The Hall–Kier alpha value is -12.4. The largest absolute Gasteiger partial charge is 0.208 e. The zero-order valence-electron chi connectivity index (χ0n) is 60.2. The molecule has 0 unspecified atom stereocenters. The first kappa shape index (κ1) is 62.6. The molecule has 2 aliphatic carbocycles. The molecule has 0 radical (unpaired) electrons. The van der Waals surface area contributed by atoms with Crippen molar-refractivity contribution in [2.24, 2.45) is 0 Å². The summed E-state index contributed by atoms with van der Waals surface area (Å²) in [5, 5.41) is 12.0. The van der Waals surface area contributed by atoms with E-state index in [1.54, 1.807) is 0 Å². The highest BCUT2D eigenvalue weighted by Gasteiger charge is 2.33. The van der Waals surface area contributed by atoms with E-state index >= 15 is 0 Å². The Morgan fingerprint density at radius 2 is 0.519 bits per heavy atom. The summed E-state index contributed by atoms with van der Waals surface area (Å²) in [4.78, 5) is 33.2. The van der Waals surface area contributed by atoms with Crippen molar-refractivity contribution in [2.75, 3.05) is 0 Å². The molecule has 496 valence electrons. The summed E-state index contributed by atoms with van der Waals surface area (Å²) >= 11 is 0. The average Bonchev–Trinajstić information content (AvgIpc) is 1.51. The number of aromatic nitrogens is 6. The Morgan fingerprint density at radius 3 is 1.01 bits per heavy atom. The van der Waals surface area contributed by atoms with E-state index in [0.717, 1.165) is 102 Å². The van der Waals surface area contributed by atoms with Gasteiger partial charge < -0.3 is 0 Å². The van der Waals surface area contributed by atoms with Crippen molar-refractivity contribution in [3.05, 3.63) is 309 Å². The van der Waals surface area contributed by atoms with E-state index in [9.17, 15) is 0 Å². The maximum atomic E-state index is 5.60. The molecule has 104 heavy (non-hydrogen) atoms. The van der Waals surface area contributed by atoms with Gasteiger partial charge in [0, 0.05) is 33.4 Å². The van der Waals surface area contributed by atoms with Crippen LogP contribution in [0.5, 0.6) is 0 Å². The monoisotopic (exact) mass is 1330 g/mol. The van der Waals surface area contributed by atoms with Crippen LogP contribution < -0.4 is 0 Å². The molecule has 2 heterocycles. The van der Waals surface area contributed by atoms with Gasteiger partial charge in [0.05, 0.1) is 0 Å². The lowest BCUT2D eigenvalue weighted by molar-refractivity contribution is 0.949. The van der Waals surface area contributed by atoms with Crippen LogP contribution in [0.4, 0.5) is 0 Å². The minimum Gasteiger partial charge on any atom is -0.208 e. The molecule has 15 aromatic carbocycles. The van der Waals surface area contributed by atoms with Gasteiger partial charge in [-0.05, 0) is 277 Å². The van der Waals surface area contributed by atoms with Crippen molar-refractivity contribution < 1.29 is 0 Å². The molecule has 0 fully saturated rings. The fourth-order valence-electron chi connectivity index (χ4n) is 18.3. The van der Waals surface area contributed by atoms with Gasteiger partial charge in [0.2, 0.25) is 0 Å². The number of hydrogen-bond donors (Lipinski definition) is 0. The normalized spacial score (nSPS) is 12.0. The van der Waals surface area contributed by atoms with E-state index in [4.69, 9.17) is 29.9 Å². The zero-order valence-corrected chi connectivity index (χ0v) is 60.2. The van der Waals surface area contributed by atoms with Gasteiger partial charge in [-0.2, -0.15) is 0 Å². The number of fused-ring (bicyclic) bond motifs is 11. The Labute approximate surface area is 606 Å². The number of benzene rings is 15. The van der Waals surface area contributed by atoms with E-state index in [1.807, 2.05) is 0 Å². The molecule has 0 bridgehead atoms. The first-order valence-electron chi connectivity index (χ1n) is 36.4. The third-order valence-electron chi connectivity index (χ3n) is 22.3. The first-order chi connectivity index (χ1) is 50.7. The molecule has 6 heteroatoms. The number of nitrogens with zero attached hydrogens (tertiary/aromatic N) is 6. The first-order valence-corrected chi connectivity index (χ1v) is 36.4. The molecule has 0 N–H and O–H groups in total. The minimum atomic E-state index is 0.651. The predicted molar refractivity (Wildman–Crippen MR) is 434 cm³/mol. The van der Waals surface area contributed by atoms with Gasteiger partial charge in [0.25, 0.3) is 0 Å². The second kappa shape index (κ2) is 24.1. The van der Waals surface area contributed by atoms with E-state index < -0.39 is 0 Å². The topological polar surface area (TPSA) is 77.3 Å². The van der Waals surface area contributed by atoms with Gasteiger partial charge in [-0.1, -0.05) is 236 Å². The lowest BCUT2D eigenvalue weighted by Crippen LogP contribution is -2.05. The van der Waals surface area contributed by atoms with E-state index in [0.29, 0.717) is 34.9 Å². The number of rotatable bonds is 11. The SMILES string of the molecule is Cc1cc(C)c(-c2nc(-c3c(C)cc(CCc4cc(C)c(-c5nc(-c6c(C)cc(C)cc6C)nc(-c6cc7c8cccc9c8c(cc7c7ccccc67)-c6ccccc6-9)n5)c(C)c4)cc3C)nc(-c3ccc4c5c(cccc35)-c3c-4c(-c4ccccc4)c4ccccc4c3-c3ccccc3)n2)c(C)c1. The van der Waals surface area contributed by atoms with E-state index in [2.05, 4.69) is 312 Å². The summed E-state index contributed by atoms with van der Waals surface area (Å²) in [7, 11) is 0. The summed E-state index contributed by atoms with van der Waals surface area (Å²) in [6, 6.07) is 89.8. The van der Waals surface area contributed by atoms with Crippen molar-refractivity contribution in [3.63, 3.8) is 0 Å². The van der Waals surface area contributed by atoms with Crippen LogP contribution in [0.1, 0.15) is 66.8 Å². The van der Waals surface area contributed by atoms with Crippen LogP contribution in [0, 0.1) is 69.2 Å². The quantitative estimate of drug-likeness (QED) is 0.120. The van der Waals surface area contributed by atoms with Crippen LogP contribution in [-0.4, -0.2) is 29.9 Å². The Morgan fingerprint density at radius 1 is 0.192 bits per heavy atom. The predicted octanol–water partition coefficient (Wildman–Crippen LogP) is 25.3. The van der Waals surface area contributed by atoms with Gasteiger partial charge in [0.15, 0.2) is 34.9 Å². The summed E-state index contributed by atoms with van der Waals surface area (Å²) in [6.45, 7) is 21.9. The molecule has 19 rings (SSSR count). The van der Waals surface area contributed by atoms with Crippen LogP contribution >= 0.6 is 0 Å². The molecular formula is C98H74N6. The van der Waals surface area contributed by atoms with Crippen molar-refractivity contribution >= 4 is 53.9 Å². The molecule has 0 aliphatic heterocycles. The standard InChI is InChI=1S/C98H74N6/c1-53-43-55(3)83(56(4)44-53)95-99-93(76-41-42-78-90-74(76)36-24-38-77(90)91-87(65-25-13-11-14-26-65)72-33-21-22-34-73(72)88(92(78)91)66-27-15-12-16-28-66)100-97(103-95)85-59(7)47-63(48-60(85)8)39-40-64-49-61(9)86(62(10)50-64)98-102-94(101-96(104-98)84-57(5)45-54(2)46-58(84)6)82-52-80-75-37-23-35-71-67-29-17-19-31-69(67)81(89(71)75)51-79(80)68-30-18-20-32-70(68)82/h11-38,41-52H,39-40H2,1-10H3. The molecule has 0 atom stereocenters. The molecule has 17 aromatic rings. The lowest BCUT2D eigenvalue weighted by Gasteiger charge is -2.20. The van der Waals surface area contributed by atoms with Crippen LogP contribution in [-0.2, 0) is 12.8 Å². The average molecular weight is 1340 g/mol. The van der Waals surface area contributed by atoms with Crippen LogP contribution in [0.3, 0.4) is 0 Å². The molecular weight excluding hydrogens is 1260 g/mol. The third kappa shape index (κ3) is 9.90. The molecule has 0 saturated carbocycles. The molecule has 6 nitrogen and oxygen atoms in total. The van der Waals surface area contributed by atoms with Crippen LogP contribution in [0.15, 0.2) is 243 Å². The number of aryl methyl sites for hydroxylation is 12.